The molecule has 18 heavy (non-hydrogen) atoms. The Hall–Kier alpha value is -0.790. The van der Waals surface area contributed by atoms with E-state index in [1.54, 1.807) is 0 Å². The third-order valence-electron chi connectivity index (χ3n) is 5.65. The van der Waals surface area contributed by atoms with E-state index in [4.69, 9.17) is 4.74 Å². The van der Waals surface area contributed by atoms with Gasteiger partial charge in [0.2, 0.25) is 0 Å². The van der Waals surface area contributed by atoms with Crippen LogP contribution in [0.3, 0.4) is 0 Å². The molecule has 0 bridgehead atoms. The molecule has 0 radical (unpaired) electrons. The molecule has 0 aromatic carbocycles. The highest BCUT2D eigenvalue weighted by atomic mass is 16.5. The minimum atomic E-state index is 0.264. The Kier molecular flexibility index (Phi) is 3.57. The van der Waals surface area contributed by atoms with E-state index in [-0.39, 0.29) is 5.41 Å². The fourth-order valence-electron chi connectivity index (χ4n) is 4.72. The number of fused-ring (bicyclic) bond motifs is 1. The standard InChI is InChI=1S/C16H26O2/c1-12-6-7-14-15(2,3)8-5-9-16(14,4)13(12)10-18-11-17/h11,13-14H,1,5-10H2,2-4H3/t13?,14-,16+/m1/s1. The van der Waals surface area contributed by atoms with Crippen LogP contribution in [-0.4, -0.2) is 13.1 Å². The van der Waals surface area contributed by atoms with E-state index in [9.17, 15) is 4.79 Å². The predicted octanol–water partition coefficient (Wildman–Crippen LogP) is 3.96. The lowest BCUT2D eigenvalue weighted by Gasteiger charge is -2.57. The third kappa shape index (κ3) is 2.10. The Morgan fingerprint density at radius 2 is 2.11 bits per heavy atom. The Labute approximate surface area is 111 Å². The SMILES string of the molecule is C=C1CC[C@@H]2C(C)(C)CCC[C@@]2(C)C1COC=O. The molecule has 0 amide bonds. The van der Waals surface area contributed by atoms with Crippen LogP contribution in [-0.2, 0) is 9.53 Å². The molecule has 1 unspecified atom stereocenters. The van der Waals surface area contributed by atoms with Crippen molar-refractivity contribution >= 4 is 6.47 Å². The maximum absolute atomic E-state index is 10.5. The van der Waals surface area contributed by atoms with Crippen molar-refractivity contribution in [3.8, 4) is 0 Å². The molecule has 0 heterocycles. The van der Waals surface area contributed by atoms with Crippen LogP contribution in [0.4, 0.5) is 0 Å². The van der Waals surface area contributed by atoms with E-state index in [0.717, 1.165) is 12.3 Å². The molecule has 2 aliphatic rings. The van der Waals surface area contributed by atoms with E-state index >= 15 is 0 Å². The van der Waals surface area contributed by atoms with E-state index in [1.807, 2.05) is 0 Å². The monoisotopic (exact) mass is 250 g/mol. The van der Waals surface area contributed by atoms with Gasteiger partial charge in [0.15, 0.2) is 0 Å². The summed E-state index contributed by atoms with van der Waals surface area (Å²) in [6.45, 7) is 12.5. The first kappa shape index (κ1) is 13.6. The second-order valence-electron chi connectivity index (χ2n) is 7.08. The van der Waals surface area contributed by atoms with Gasteiger partial charge < -0.3 is 4.74 Å². The molecule has 2 nitrogen and oxygen atoms in total. The van der Waals surface area contributed by atoms with E-state index in [1.165, 1.54) is 31.3 Å². The van der Waals surface area contributed by atoms with Gasteiger partial charge in [-0.25, -0.2) is 0 Å². The predicted molar refractivity (Wildman–Crippen MR) is 73.1 cm³/mol. The summed E-state index contributed by atoms with van der Waals surface area (Å²) < 4.78 is 5.08. The molecule has 2 fully saturated rings. The number of ether oxygens (including phenoxy) is 1. The molecule has 2 heteroatoms. The zero-order chi connectivity index (χ0) is 13.4. The number of hydrogen-bond acceptors (Lipinski definition) is 2. The summed E-state index contributed by atoms with van der Waals surface area (Å²) in [6, 6.07) is 0. The number of carbonyl (C=O) groups excluding carboxylic acids is 1. The minimum Gasteiger partial charge on any atom is -0.467 e. The lowest BCUT2D eigenvalue weighted by atomic mass is 9.48. The fraction of sp³-hybridized carbons (Fsp3) is 0.812. The van der Waals surface area contributed by atoms with Crippen LogP contribution >= 0.6 is 0 Å². The largest absolute Gasteiger partial charge is 0.467 e. The van der Waals surface area contributed by atoms with Gasteiger partial charge in [-0.2, -0.15) is 0 Å². The van der Waals surface area contributed by atoms with Crippen molar-refractivity contribution in [1.82, 2.24) is 0 Å². The van der Waals surface area contributed by atoms with Gasteiger partial charge in [0, 0.05) is 5.92 Å². The molecule has 2 aliphatic carbocycles. The minimum absolute atomic E-state index is 0.264. The molecule has 3 atom stereocenters. The highest BCUT2D eigenvalue weighted by Crippen LogP contribution is 2.60. The molecule has 0 aromatic heterocycles. The molecule has 0 spiro atoms. The smallest absolute Gasteiger partial charge is 0.293 e. The van der Waals surface area contributed by atoms with Crippen LogP contribution in [0, 0.1) is 22.7 Å². The van der Waals surface area contributed by atoms with Crippen LogP contribution < -0.4 is 0 Å². The normalized spacial score (nSPS) is 38.9. The first-order valence-electron chi connectivity index (χ1n) is 7.15. The summed E-state index contributed by atoms with van der Waals surface area (Å²) >= 11 is 0. The number of carbonyl (C=O) groups is 1. The lowest BCUT2D eigenvalue weighted by Crippen LogP contribution is -2.50. The summed E-state index contributed by atoms with van der Waals surface area (Å²) in [6.07, 6.45) is 6.19. The number of hydrogen-bond donors (Lipinski definition) is 0. The van der Waals surface area contributed by atoms with E-state index in [0.29, 0.717) is 24.4 Å². The average molecular weight is 250 g/mol. The van der Waals surface area contributed by atoms with E-state index < -0.39 is 0 Å². The van der Waals surface area contributed by atoms with Gasteiger partial charge in [-0.3, -0.25) is 4.79 Å². The van der Waals surface area contributed by atoms with Crippen molar-refractivity contribution in [1.29, 1.82) is 0 Å². The quantitative estimate of drug-likeness (QED) is 0.560. The van der Waals surface area contributed by atoms with Crippen molar-refractivity contribution in [2.24, 2.45) is 22.7 Å². The summed E-state index contributed by atoms with van der Waals surface area (Å²) in [5.74, 6) is 1.07. The van der Waals surface area contributed by atoms with Gasteiger partial charge in [-0.1, -0.05) is 39.3 Å². The number of rotatable bonds is 3. The van der Waals surface area contributed by atoms with Crippen LogP contribution in [0.15, 0.2) is 12.2 Å². The second kappa shape index (κ2) is 4.71. The van der Waals surface area contributed by atoms with Gasteiger partial charge in [0.05, 0.1) is 6.61 Å². The summed E-state index contributed by atoms with van der Waals surface area (Å²) in [5, 5.41) is 0. The van der Waals surface area contributed by atoms with Crippen LogP contribution in [0.25, 0.3) is 0 Å². The molecule has 102 valence electrons. The van der Waals surface area contributed by atoms with Gasteiger partial charge >= 0.3 is 0 Å². The maximum Gasteiger partial charge on any atom is 0.293 e. The average Bonchev–Trinajstić information content (AvgIpc) is 2.27. The molecule has 2 saturated carbocycles. The molecule has 2 rings (SSSR count). The zero-order valence-electron chi connectivity index (χ0n) is 12.0. The van der Waals surface area contributed by atoms with Crippen LogP contribution in [0.1, 0.15) is 52.9 Å². The van der Waals surface area contributed by atoms with Crippen LogP contribution in [0.2, 0.25) is 0 Å². The highest BCUT2D eigenvalue weighted by Gasteiger charge is 2.52. The summed E-state index contributed by atoms with van der Waals surface area (Å²) in [5.41, 5.74) is 1.96. The third-order valence-corrected chi connectivity index (χ3v) is 5.65. The zero-order valence-corrected chi connectivity index (χ0v) is 12.0. The Morgan fingerprint density at radius 3 is 2.78 bits per heavy atom. The van der Waals surface area contributed by atoms with Crippen molar-refractivity contribution in [3.63, 3.8) is 0 Å². The van der Waals surface area contributed by atoms with Crippen molar-refractivity contribution in [2.45, 2.75) is 52.9 Å². The first-order valence-corrected chi connectivity index (χ1v) is 7.15. The van der Waals surface area contributed by atoms with Gasteiger partial charge in [0.1, 0.15) is 0 Å². The Bertz CT molecular complexity index is 345. The first-order chi connectivity index (χ1) is 8.42. The van der Waals surface area contributed by atoms with Gasteiger partial charge in [-0.15, -0.1) is 0 Å². The molecule has 0 aliphatic heterocycles. The topological polar surface area (TPSA) is 26.3 Å². The van der Waals surface area contributed by atoms with Crippen molar-refractivity contribution in [2.75, 3.05) is 6.61 Å². The molecular formula is C16H26O2. The highest BCUT2D eigenvalue weighted by molar-refractivity contribution is 5.37. The van der Waals surface area contributed by atoms with E-state index in [2.05, 4.69) is 27.4 Å². The second-order valence-corrected chi connectivity index (χ2v) is 7.08. The van der Waals surface area contributed by atoms with Gasteiger partial charge in [-0.05, 0) is 42.4 Å². The van der Waals surface area contributed by atoms with Gasteiger partial charge in [0.25, 0.3) is 6.47 Å². The lowest BCUT2D eigenvalue weighted by molar-refractivity contribution is -0.134. The Morgan fingerprint density at radius 1 is 1.39 bits per heavy atom. The Balaban J connectivity index is 2.27. The molecular weight excluding hydrogens is 224 g/mol. The summed E-state index contributed by atoms with van der Waals surface area (Å²) in [7, 11) is 0. The molecule has 0 aromatic rings. The van der Waals surface area contributed by atoms with Crippen LogP contribution in [0.5, 0.6) is 0 Å². The van der Waals surface area contributed by atoms with Crippen molar-refractivity contribution in [3.05, 3.63) is 12.2 Å². The molecule has 0 N–H and O–H groups in total. The maximum atomic E-state index is 10.5. The summed E-state index contributed by atoms with van der Waals surface area (Å²) in [4.78, 5) is 10.5. The molecule has 0 saturated heterocycles. The van der Waals surface area contributed by atoms with Crippen molar-refractivity contribution < 1.29 is 9.53 Å². The fourth-order valence-corrected chi connectivity index (χ4v) is 4.72.